The Bertz CT molecular complexity index is 705. The summed E-state index contributed by atoms with van der Waals surface area (Å²) < 4.78 is 9.95. The van der Waals surface area contributed by atoms with Gasteiger partial charge in [-0.15, -0.1) is 0 Å². The van der Waals surface area contributed by atoms with Gasteiger partial charge in [-0.3, -0.25) is 10.1 Å². The molecule has 2 aromatic rings. The van der Waals surface area contributed by atoms with Gasteiger partial charge in [-0.1, -0.05) is 0 Å². The van der Waals surface area contributed by atoms with Gasteiger partial charge in [0.2, 0.25) is 0 Å². The van der Waals surface area contributed by atoms with Crippen molar-refractivity contribution >= 4 is 11.7 Å². The molecule has 0 bridgehead atoms. The molecule has 21 heavy (non-hydrogen) atoms. The first-order valence-electron chi connectivity index (χ1n) is 5.44. The van der Waals surface area contributed by atoms with Gasteiger partial charge >= 0.3 is 23.4 Å². The Morgan fingerprint density at radius 1 is 1.33 bits per heavy atom. The number of hydrogen-bond acceptors (Lipinski definition) is 8. The first-order valence-corrected chi connectivity index (χ1v) is 5.44. The van der Waals surface area contributed by atoms with Crippen LogP contribution in [0.4, 0.5) is 5.69 Å². The normalized spacial score (nSPS) is 9.95. The van der Waals surface area contributed by atoms with Crippen molar-refractivity contribution in [1.82, 2.24) is 15.0 Å². The van der Waals surface area contributed by atoms with Crippen molar-refractivity contribution < 1.29 is 24.3 Å². The van der Waals surface area contributed by atoms with E-state index in [1.54, 1.807) is 0 Å². The molecule has 1 N–H and O–H groups in total. The summed E-state index contributed by atoms with van der Waals surface area (Å²) in [6.45, 7) is 0. The Hall–Kier alpha value is -3.30. The van der Waals surface area contributed by atoms with Gasteiger partial charge in [0.25, 0.3) is 0 Å². The molecule has 2 aromatic heterocycles. The molecule has 2 heterocycles. The summed E-state index contributed by atoms with van der Waals surface area (Å²) >= 11 is 0. The van der Waals surface area contributed by atoms with Crippen molar-refractivity contribution in [2.75, 3.05) is 7.11 Å². The van der Waals surface area contributed by atoms with E-state index in [-0.39, 0.29) is 11.6 Å². The third-order valence-corrected chi connectivity index (χ3v) is 2.31. The topological polar surface area (TPSA) is 138 Å². The van der Waals surface area contributed by atoms with Crippen molar-refractivity contribution in [1.29, 1.82) is 0 Å². The van der Waals surface area contributed by atoms with Crippen LogP contribution < -0.4 is 9.47 Å². The van der Waals surface area contributed by atoms with Crippen molar-refractivity contribution in [2.45, 2.75) is 0 Å². The number of rotatable bonds is 5. The van der Waals surface area contributed by atoms with Crippen LogP contribution in [0.2, 0.25) is 0 Å². The molecule has 0 spiro atoms. The molecule has 0 fully saturated rings. The molecule has 0 unspecified atom stereocenters. The van der Waals surface area contributed by atoms with Gasteiger partial charge in [0.15, 0.2) is 11.4 Å². The average molecular weight is 292 g/mol. The second-order valence-electron chi connectivity index (χ2n) is 3.55. The average Bonchev–Trinajstić information content (AvgIpc) is 2.47. The molecule has 0 aliphatic heterocycles. The van der Waals surface area contributed by atoms with Crippen LogP contribution in [0.5, 0.6) is 17.5 Å². The zero-order valence-corrected chi connectivity index (χ0v) is 10.6. The summed E-state index contributed by atoms with van der Waals surface area (Å²) in [5, 5.41) is 20.0. The molecule has 0 aliphatic rings. The highest BCUT2D eigenvalue weighted by Gasteiger charge is 2.27. The number of carboxylic acids is 1. The molecule has 0 saturated heterocycles. The predicted octanol–water partition coefficient (Wildman–Crippen LogP) is 1.28. The summed E-state index contributed by atoms with van der Waals surface area (Å²) in [5.41, 5.74) is -1.01. The smallest absolute Gasteiger partial charge is 0.392 e. The maximum Gasteiger partial charge on any atom is 0.392 e. The molecular formula is C11H8N4O6. The molecule has 10 nitrogen and oxygen atoms in total. The van der Waals surface area contributed by atoms with Gasteiger partial charge in [0.1, 0.15) is 6.33 Å². The van der Waals surface area contributed by atoms with E-state index in [0.717, 1.165) is 6.33 Å². The van der Waals surface area contributed by atoms with Gasteiger partial charge in [-0.05, 0) is 12.1 Å². The van der Waals surface area contributed by atoms with Crippen LogP contribution in [0.3, 0.4) is 0 Å². The molecule has 0 amide bonds. The number of methoxy groups -OCH3 is 1. The predicted molar refractivity (Wildman–Crippen MR) is 66.5 cm³/mol. The summed E-state index contributed by atoms with van der Waals surface area (Å²) in [5.74, 6) is -2.27. The largest absolute Gasteiger partial charge is 0.476 e. The molecule has 0 radical (unpaired) electrons. The molecule has 0 aromatic carbocycles. The molecule has 0 atom stereocenters. The fraction of sp³-hybridized carbons (Fsp3) is 0.0909. The SMILES string of the molecule is COc1ncnc(Oc2cccnc2C(=O)O)c1[N+](=O)[O-]. The van der Waals surface area contributed by atoms with Crippen molar-refractivity contribution in [2.24, 2.45) is 0 Å². The van der Waals surface area contributed by atoms with E-state index in [2.05, 4.69) is 15.0 Å². The van der Waals surface area contributed by atoms with Gasteiger partial charge in [0, 0.05) is 6.20 Å². The molecule has 0 saturated carbocycles. The maximum atomic E-state index is 11.0. The summed E-state index contributed by atoms with van der Waals surface area (Å²) in [6.07, 6.45) is 2.25. The molecule has 10 heteroatoms. The molecular weight excluding hydrogens is 284 g/mol. The van der Waals surface area contributed by atoms with E-state index >= 15 is 0 Å². The van der Waals surface area contributed by atoms with Crippen LogP contribution in [-0.2, 0) is 0 Å². The Morgan fingerprint density at radius 2 is 2.05 bits per heavy atom. The van der Waals surface area contributed by atoms with E-state index < -0.39 is 28.2 Å². The Labute approximate surface area is 117 Å². The minimum atomic E-state index is -1.34. The number of aromatic nitrogens is 3. The van der Waals surface area contributed by atoms with Crippen molar-refractivity contribution in [3.8, 4) is 17.5 Å². The van der Waals surface area contributed by atoms with Crippen LogP contribution in [0.15, 0.2) is 24.7 Å². The van der Waals surface area contributed by atoms with Crippen LogP contribution in [0.25, 0.3) is 0 Å². The fourth-order valence-electron chi connectivity index (χ4n) is 1.47. The zero-order chi connectivity index (χ0) is 15.4. The number of aromatic carboxylic acids is 1. The number of pyridine rings is 1. The third kappa shape index (κ3) is 2.83. The monoisotopic (exact) mass is 292 g/mol. The minimum absolute atomic E-state index is 0.186. The van der Waals surface area contributed by atoms with Crippen LogP contribution in [-0.4, -0.2) is 38.1 Å². The third-order valence-electron chi connectivity index (χ3n) is 2.31. The van der Waals surface area contributed by atoms with Gasteiger partial charge < -0.3 is 14.6 Å². The lowest BCUT2D eigenvalue weighted by Gasteiger charge is -2.08. The van der Waals surface area contributed by atoms with Crippen LogP contribution >= 0.6 is 0 Å². The molecule has 2 rings (SSSR count). The van der Waals surface area contributed by atoms with Gasteiger partial charge in [0.05, 0.1) is 12.0 Å². The van der Waals surface area contributed by atoms with Crippen LogP contribution in [0.1, 0.15) is 10.5 Å². The molecule has 108 valence electrons. The van der Waals surface area contributed by atoms with Crippen LogP contribution in [0, 0.1) is 10.1 Å². The zero-order valence-electron chi connectivity index (χ0n) is 10.6. The second-order valence-corrected chi connectivity index (χ2v) is 3.55. The van der Waals surface area contributed by atoms with E-state index in [4.69, 9.17) is 14.6 Å². The Morgan fingerprint density at radius 3 is 2.67 bits per heavy atom. The van der Waals surface area contributed by atoms with E-state index in [9.17, 15) is 14.9 Å². The van der Waals surface area contributed by atoms with E-state index in [0.29, 0.717) is 0 Å². The Balaban J connectivity index is 2.50. The summed E-state index contributed by atoms with van der Waals surface area (Å²) in [6, 6.07) is 2.72. The standard InChI is InChI=1S/C11H8N4O6/c1-20-9-8(15(18)19)10(14-5-13-9)21-6-3-2-4-12-7(6)11(16)17/h2-5H,1H3,(H,16,17). The molecule has 0 aliphatic carbocycles. The number of nitrogens with zero attached hydrogens (tertiary/aromatic N) is 4. The van der Waals surface area contributed by atoms with Gasteiger partial charge in [-0.25, -0.2) is 9.78 Å². The lowest BCUT2D eigenvalue weighted by molar-refractivity contribution is -0.387. The number of carbonyl (C=O) groups is 1. The first-order chi connectivity index (χ1) is 10.0. The highest BCUT2D eigenvalue weighted by Crippen LogP contribution is 2.35. The number of hydrogen-bond donors (Lipinski definition) is 1. The number of nitro groups is 1. The Kier molecular flexibility index (Phi) is 3.88. The van der Waals surface area contributed by atoms with Crippen molar-refractivity contribution in [3.63, 3.8) is 0 Å². The lowest BCUT2D eigenvalue weighted by Crippen LogP contribution is -2.05. The van der Waals surface area contributed by atoms with Crippen molar-refractivity contribution in [3.05, 3.63) is 40.5 Å². The lowest BCUT2D eigenvalue weighted by atomic mass is 10.3. The quantitative estimate of drug-likeness (QED) is 0.637. The number of carboxylic acid groups (broad SMARTS) is 1. The van der Waals surface area contributed by atoms with E-state index in [1.165, 1.54) is 25.4 Å². The summed E-state index contributed by atoms with van der Waals surface area (Å²) in [7, 11) is 1.20. The highest BCUT2D eigenvalue weighted by atomic mass is 16.6. The first kappa shape index (κ1) is 14.1. The highest BCUT2D eigenvalue weighted by molar-refractivity contribution is 5.88. The summed E-state index contributed by atoms with van der Waals surface area (Å²) in [4.78, 5) is 32.1. The number of ether oxygens (including phenoxy) is 2. The fourth-order valence-corrected chi connectivity index (χ4v) is 1.47. The second kappa shape index (κ2) is 5.77. The minimum Gasteiger partial charge on any atom is -0.476 e. The maximum absolute atomic E-state index is 11.0. The van der Waals surface area contributed by atoms with Gasteiger partial charge in [-0.2, -0.15) is 9.97 Å². The van der Waals surface area contributed by atoms with E-state index in [1.807, 2.05) is 0 Å².